The van der Waals surface area contributed by atoms with E-state index in [1.165, 1.54) is 0 Å². The molecular weight excluding hydrogens is 296 g/mol. The lowest BCUT2D eigenvalue weighted by Gasteiger charge is -2.27. The molecule has 1 saturated heterocycles. The van der Waals surface area contributed by atoms with Gasteiger partial charge >= 0.3 is 0 Å². The quantitative estimate of drug-likeness (QED) is 0.719. The first-order valence-corrected chi connectivity index (χ1v) is 7.98. The number of anilines is 2. The van der Waals surface area contributed by atoms with E-state index in [1.54, 1.807) is 13.4 Å². The fourth-order valence-electron chi connectivity index (χ4n) is 3.17. The van der Waals surface area contributed by atoms with Crippen LogP contribution in [0.4, 0.5) is 11.6 Å². The summed E-state index contributed by atoms with van der Waals surface area (Å²) in [5, 5.41) is 6.62. The minimum atomic E-state index is 0.141. The number of likely N-dealkylation sites (N-methyl/N-ethyl adjacent to an activating group) is 1. The zero-order valence-electron chi connectivity index (χ0n) is 13.7. The Hall–Kier alpha value is -1.93. The highest BCUT2D eigenvalue weighted by molar-refractivity contribution is 5.84. The molecule has 1 aromatic heterocycles. The first-order valence-electron chi connectivity index (χ1n) is 7.98. The number of ether oxygens (including phenoxy) is 1. The first kappa shape index (κ1) is 15.9. The van der Waals surface area contributed by atoms with E-state index in [4.69, 9.17) is 4.74 Å². The number of nitrogens with zero attached hydrogens (tertiary/aromatic N) is 4. The lowest BCUT2D eigenvalue weighted by atomic mass is 10.2. The predicted octanol–water partition coefficient (Wildman–Crippen LogP) is -0.325. The Balaban J connectivity index is 1.88. The monoisotopic (exact) mass is 320 g/mol. The molecule has 0 radical (unpaired) electrons. The van der Waals surface area contributed by atoms with Crippen molar-refractivity contribution in [2.45, 2.75) is 19.0 Å². The van der Waals surface area contributed by atoms with E-state index in [0.29, 0.717) is 26.2 Å². The third-order valence-electron chi connectivity index (χ3n) is 4.38. The van der Waals surface area contributed by atoms with E-state index in [0.717, 1.165) is 36.7 Å². The molecule has 8 nitrogen and oxygen atoms in total. The predicted molar refractivity (Wildman–Crippen MR) is 87.5 cm³/mol. The van der Waals surface area contributed by atoms with Crippen LogP contribution in [0.5, 0.6) is 0 Å². The normalized spacial score (nSPS) is 21.3. The van der Waals surface area contributed by atoms with E-state index in [1.807, 2.05) is 16.8 Å². The van der Waals surface area contributed by atoms with E-state index in [2.05, 4.69) is 20.6 Å². The molecule has 8 heteroatoms. The average molecular weight is 320 g/mol. The van der Waals surface area contributed by atoms with Crippen LogP contribution in [0.25, 0.3) is 0 Å². The molecule has 0 aromatic carbocycles. The minimum absolute atomic E-state index is 0.141. The molecular formula is C15H24N6O2. The van der Waals surface area contributed by atoms with Crippen molar-refractivity contribution in [1.82, 2.24) is 20.2 Å². The molecule has 0 spiro atoms. The van der Waals surface area contributed by atoms with Gasteiger partial charge in [-0.25, -0.2) is 9.97 Å². The SMILES string of the molecule is COCCNc1ncnc2c1CN(C1CCNC1)C(=O)CN2C. The number of carbonyl (C=O) groups excluding carboxylic acids is 1. The van der Waals surface area contributed by atoms with Crippen LogP contribution < -0.4 is 15.5 Å². The minimum Gasteiger partial charge on any atom is -0.383 e. The van der Waals surface area contributed by atoms with Crippen LogP contribution in [0, 0.1) is 0 Å². The maximum absolute atomic E-state index is 12.6. The van der Waals surface area contributed by atoms with Gasteiger partial charge in [0, 0.05) is 33.3 Å². The zero-order chi connectivity index (χ0) is 16.2. The molecule has 1 unspecified atom stereocenters. The highest BCUT2D eigenvalue weighted by atomic mass is 16.5. The van der Waals surface area contributed by atoms with E-state index in [-0.39, 0.29) is 11.9 Å². The third kappa shape index (κ3) is 3.37. The van der Waals surface area contributed by atoms with Gasteiger partial charge in [0.2, 0.25) is 5.91 Å². The summed E-state index contributed by atoms with van der Waals surface area (Å²) >= 11 is 0. The Labute approximate surface area is 136 Å². The number of rotatable bonds is 5. The first-order chi connectivity index (χ1) is 11.2. The molecule has 1 fully saturated rings. The van der Waals surface area contributed by atoms with Crippen molar-refractivity contribution in [2.75, 3.05) is 57.2 Å². The maximum Gasteiger partial charge on any atom is 0.242 e. The highest BCUT2D eigenvalue weighted by Crippen LogP contribution is 2.28. The molecule has 1 amide bonds. The van der Waals surface area contributed by atoms with Crippen molar-refractivity contribution in [1.29, 1.82) is 0 Å². The lowest BCUT2D eigenvalue weighted by molar-refractivity contribution is -0.132. The fourth-order valence-corrected chi connectivity index (χ4v) is 3.17. The van der Waals surface area contributed by atoms with Crippen LogP contribution in [-0.2, 0) is 16.1 Å². The summed E-state index contributed by atoms with van der Waals surface area (Å²) in [5.41, 5.74) is 0.976. The van der Waals surface area contributed by atoms with Gasteiger partial charge in [-0.3, -0.25) is 4.79 Å². The van der Waals surface area contributed by atoms with Gasteiger partial charge in [0.1, 0.15) is 18.0 Å². The molecule has 126 valence electrons. The molecule has 3 heterocycles. The number of hydrogen-bond acceptors (Lipinski definition) is 7. The fraction of sp³-hybridized carbons (Fsp3) is 0.667. The standard InChI is InChI=1S/C15H24N6O2/c1-20-9-13(22)21(11-3-4-16-7-11)8-12-14(17-5-6-23-2)18-10-19-15(12)20/h10-11,16H,3-9H2,1-2H3,(H,17,18,19). The van der Waals surface area contributed by atoms with Crippen LogP contribution >= 0.6 is 0 Å². The Morgan fingerprint density at radius 2 is 2.30 bits per heavy atom. The van der Waals surface area contributed by atoms with Crippen molar-refractivity contribution in [3.63, 3.8) is 0 Å². The Bertz CT molecular complexity index is 561. The van der Waals surface area contributed by atoms with E-state index in [9.17, 15) is 4.79 Å². The summed E-state index contributed by atoms with van der Waals surface area (Å²) in [6.45, 7) is 3.97. The number of amides is 1. The Kier molecular flexibility index (Phi) is 4.92. The molecule has 0 saturated carbocycles. The number of aromatic nitrogens is 2. The zero-order valence-corrected chi connectivity index (χ0v) is 13.7. The maximum atomic E-state index is 12.6. The molecule has 2 aliphatic rings. The topological polar surface area (TPSA) is 82.6 Å². The molecule has 0 bridgehead atoms. The van der Waals surface area contributed by atoms with Gasteiger partial charge in [0.15, 0.2) is 0 Å². The van der Waals surface area contributed by atoms with Gasteiger partial charge in [0.25, 0.3) is 0 Å². The number of fused-ring (bicyclic) bond motifs is 1. The van der Waals surface area contributed by atoms with Crippen molar-refractivity contribution >= 4 is 17.5 Å². The van der Waals surface area contributed by atoms with Crippen LogP contribution in [0.1, 0.15) is 12.0 Å². The van der Waals surface area contributed by atoms with Gasteiger partial charge in [0.05, 0.1) is 25.3 Å². The van der Waals surface area contributed by atoms with Crippen LogP contribution in [0.15, 0.2) is 6.33 Å². The highest BCUT2D eigenvalue weighted by Gasteiger charge is 2.32. The van der Waals surface area contributed by atoms with E-state index >= 15 is 0 Å². The van der Waals surface area contributed by atoms with Gasteiger partial charge < -0.3 is 25.2 Å². The van der Waals surface area contributed by atoms with Crippen molar-refractivity contribution in [3.8, 4) is 0 Å². The summed E-state index contributed by atoms with van der Waals surface area (Å²) in [5.74, 6) is 1.74. The summed E-state index contributed by atoms with van der Waals surface area (Å²) in [4.78, 5) is 25.3. The molecule has 3 rings (SSSR count). The second-order valence-electron chi connectivity index (χ2n) is 5.97. The molecule has 2 N–H and O–H groups in total. The summed E-state index contributed by atoms with van der Waals surface area (Å²) in [7, 11) is 3.57. The van der Waals surface area contributed by atoms with Crippen molar-refractivity contribution < 1.29 is 9.53 Å². The second-order valence-corrected chi connectivity index (χ2v) is 5.97. The largest absolute Gasteiger partial charge is 0.383 e. The third-order valence-corrected chi connectivity index (χ3v) is 4.38. The lowest BCUT2D eigenvalue weighted by Crippen LogP contribution is -2.43. The Morgan fingerprint density at radius 3 is 3.04 bits per heavy atom. The Morgan fingerprint density at radius 1 is 1.43 bits per heavy atom. The second kappa shape index (κ2) is 7.10. The number of carbonyl (C=O) groups is 1. The van der Waals surface area contributed by atoms with Crippen LogP contribution in [0.3, 0.4) is 0 Å². The van der Waals surface area contributed by atoms with Gasteiger partial charge in [-0.15, -0.1) is 0 Å². The average Bonchev–Trinajstić information content (AvgIpc) is 3.03. The number of hydrogen-bond donors (Lipinski definition) is 2. The van der Waals surface area contributed by atoms with Gasteiger partial charge in [-0.1, -0.05) is 0 Å². The number of methoxy groups -OCH3 is 1. The smallest absolute Gasteiger partial charge is 0.242 e. The summed E-state index contributed by atoms with van der Waals surface area (Å²) < 4.78 is 5.08. The molecule has 0 aliphatic carbocycles. The van der Waals surface area contributed by atoms with Crippen molar-refractivity contribution in [3.05, 3.63) is 11.9 Å². The summed E-state index contributed by atoms with van der Waals surface area (Å²) in [6.07, 6.45) is 2.53. The molecule has 23 heavy (non-hydrogen) atoms. The van der Waals surface area contributed by atoms with Gasteiger partial charge in [-0.2, -0.15) is 0 Å². The summed E-state index contributed by atoms with van der Waals surface area (Å²) in [6, 6.07) is 0.244. The van der Waals surface area contributed by atoms with Crippen molar-refractivity contribution in [2.24, 2.45) is 0 Å². The number of nitrogens with one attached hydrogen (secondary N) is 2. The van der Waals surface area contributed by atoms with Crippen LogP contribution in [0.2, 0.25) is 0 Å². The van der Waals surface area contributed by atoms with Crippen LogP contribution in [-0.4, -0.2) is 73.8 Å². The molecule has 1 atom stereocenters. The molecule has 2 aliphatic heterocycles. The molecule has 1 aromatic rings. The van der Waals surface area contributed by atoms with Gasteiger partial charge in [-0.05, 0) is 13.0 Å². The van der Waals surface area contributed by atoms with E-state index < -0.39 is 0 Å².